The summed E-state index contributed by atoms with van der Waals surface area (Å²) in [4.78, 5) is 16.5. The van der Waals surface area contributed by atoms with E-state index < -0.39 is 10.0 Å². The SMILES string of the molecule is CC(C)NS(=O)(=O)c1ccc(C(=O)N2CCN(C)CC2)cc1. The summed E-state index contributed by atoms with van der Waals surface area (Å²) in [6, 6.07) is 5.95. The number of nitrogens with zero attached hydrogens (tertiary/aromatic N) is 2. The molecule has 0 aliphatic carbocycles. The molecule has 122 valence electrons. The zero-order chi connectivity index (χ0) is 16.3. The van der Waals surface area contributed by atoms with Crippen LogP contribution in [0.4, 0.5) is 0 Å². The van der Waals surface area contributed by atoms with Crippen molar-refractivity contribution in [1.29, 1.82) is 0 Å². The third kappa shape index (κ3) is 4.06. The fourth-order valence-electron chi connectivity index (χ4n) is 2.35. The van der Waals surface area contributed by atoms with Gasteiger partial charge in [-0.3, -0.25) is 4.79 Å². The molecule has 1 N–H and O–H groups in total. The molecule has 1 fully saturated rings. The number of amides is 1. The van der Waals surface area contributed by atoms with Crippen molar-refractivity contribution in [2.75, 3.05) is 33.2 Å². The highest BCUT2D eigenvalue weighted by atomic mass is 32.2. The summed E-state index contributed by atoms with van der Waals surface area (Å²) in [6.45, 7) is 6.65. The van der Waals surface area contributed by atoms with Crippen LogP contribution in [0.25, 0.3) is 0 Å². The first kappa shape index (κ1) is 16.9. The molecule has 1 heterocycles. The van der Waals surface area contributed by atoms with E-state index in [9.17, 15) is 13.2 Å². The van der Waals surface area contributed by atoms with Crippen molar-refractivity contribution < 1.29 is 13.2 Å². The molecule has 1 aromatic rings. The second-order valence-corrected chi connectivity index (χ2v) is 7.61. The smallest absolute Gasteiger partial charge is 0.253 e. The Bertz CT molecular complexity index is 618. The molecular formula is C15H23N3O3S. The number of hydrogen-bond acceptors (Lipinski definition) is 4. The highest BCUT2D eigenvalue weighted by Gasteiger charge is 2.21. The van der Waals surface area contributed by atoms with Crippen LogP contribution in [0.2, 0.25) is 0 Å². The van der Waals surface area contributed by atoms with Gasteiger partial charge in [0.05, 0.1) is 4.90 Å². The zero-order valence-corrected chi connectivity index (χ0v) is 14.1. The Kier molecular flexibility index (Phi) is 5.20. The number of benzene rings is 1. The molecule has 1 saturated heterocycles. The number of carbonyl (C=O) groups is 1. The number of hydrogen-bond donors (Lipinski definition) is 1. The first-order valence-electron chi connectivity index (χ1n) is 7.40. The summed E-state index contributed by atoms with van der Waals surface area (Å²) in [5, 5.41) is 0. The topological polar surface area (TPSA) is 69.7 Å². The lowest BCUT2D eigenvalue weighted by molar-refractivity contribution is 0.0664. The van der Waals surface area contributed by atoms with Gasteiger partial charge in [-0.1, -0.05) is 0 Å². The molecule has 1 aromatic carbocycles. The first-order chi connectivity index (χ1) is 10.3. The van der Waals surface area contributed by atoms with Crippen LogP contribution in [0.5, 0.6) is 0 Å². The van der Waals surface area contributed by atoms with E-state index in [1.165, 1.54) is 12.1 Å². The van der Waals surface area contributed by atoms with E-state index in [0.29, 0.717) is 18.7 Å². The third-order valence-electron chi connectivity index (χ3n) is 3.59. The minimum atomic E-state index is -3.52. The van der Waals surface area contributed by atoms with Crippen LogP contribution in [0, 0.1) is 0 Å². The van der Waals surface area contributed by atoms with Crippen molar-refractivity contribution in [2.24, 2.45) is 0 Å². The van der Waals surface area contributed by atoms with Crippen LogP contribution in [-0.2, 0) is 10.0 Å². The molecule has 0 atom stereocenters. The monoisotopic (exact) mass is 325 g/mol. The van der Waals surface area contributed by atoms with E-state index in [1.54, 1.807) is 30.9 Å². The van der Waals surface area contributed by atoms with Crippen molar-refractivity contribution in [1.82, 2.24) is 14.5 Å². The number of nitrogens with one attached hydrogen (secondary N) is 1. The van der Waals surface area contributed by atoms with Gasteiger partial charge in [0.2, 0.25) is 10.0 Å². The fraction of sp³-hybridized carbons (Fsp3) is 0.533. The van der Waals surface area contributed by atoms with E-state index in [-0.39, 0.29) is 16.8 Å². The minimum Gasteiger partial charge on any atom is -0.336 e. The lowest BCUT2D eigenvalue weighted by atomic mass is 10.2. The van der Waals surface area contributed by atoms with Gasteiger partial charge in [0.25, 0.3) is 5.91 Å². The second-order valence-electron chi connectivity index (χ2n) is 5.90. The number of rotatable bonds is 4. The first-order valence-corrected chi connectivity index (χ1v) is 8.88. The lowest BCUT2D eigenvalue weighted by Gasteiger charge is -2.32. The van der Waals surface area contributed by atoms with Crippen molar-refractivity contribution in [3.63, 3.8) is 0 Å². The van der Waals surface area contributed by atoms with Gasteiger partial charge in [-0.25, -0.2) is 13.1 Å². The van der Waals surface area contributed by atoms with Gasteiger partial charge in [-0.05, 0) is 45.2 Å². The van der Waals surface area contributed by atoms with Gasteiger partial charge in [0, 0.05) is 37.8 Å². The van der Waals surface area contributed by atoms with Crippen molar-refractivity contribution in [3.05, 3.63) is 29.8 Å². The second kappa shape index (κ2) is 6.76. The Hall–Kier alpha value is -1.44. The van der Waals surface area contributed by atoms with Crippen LogP contribution < -0.4 is 4.72 Å². The summed E-state index contributed by atoms with van der Waals surface area (Å²) >= 11 is 0. The van der Waals surface area contributed by atoms with Gasteiger partial charge in [-0.2, -0.15) is 0 Å². The normalized spacial score (nSPS) is 17.0. The highest BCUT2D eigenvalue weighted by molar-refractivity contribution is 7.89. The fourth-order valence-corrected chi connectivity index (χ4v) is 3.60. The van der Waals surface area contributed by atoms with E-state index in [2.05, 4.69) is 9.62 Å². The molecule has 6 nitrogen and oxygen atoms in total. The Labute approximate surface area is 132 Å². The summed E-state index contributed by atoms with van der Waals surface area (Å²) < 4.78 is 26.6. The molecule has 0 spiro atoms. The van der Waals surface area contributed by atoms with E-state index >= 15 is 0 Å². The third-order valence-corrected chi connectivity index (χ3v) is 5.27. The van der Waals surface area contributed by atoms with E-state index in [1.807, 2.05) is 7.05 Å². The largest absolute Gasteiger partial charge is 0.336 e. The molecule has 0 bridgehead atoms. The molecule has 1 aliphatic heterocycles. The van der Waals surface area contributed by atoms with Crippen molar-refractivity contribution in [2.45, 2.75) is 24.8 Å². The van der Waals surface area contributed by atoms with Crippen LogP contribution >= 0.6 is 0 Å². The van der Waals surface area contributed by atoms with Gasteiger partial charge < -0.3 is 9.80 Å². The number of sulfonamides is 1. The number of likely N-dealkylation sites (N-methyl/N-ethyl adjacent to an activating group) is 1. The molecular weight excluding hydrogens is 302 g/mol. The summed E-state index contributed by atoms with van der Waals surface area (Å²) in [5.41, 5.74) is 0.521. The predicted molar refractivity (Wildman–Crippen MR) is 85.3 cm³/mol. The summed E-state index contributed by atoms with van der Waals surface area (Å²) in [5.74, 6) is -0.0473. The van der Waals surface area contributed by atoms with E-state index in [0.717, 1.165) is 13.1 Å². The van der Waals surface area contributed by atoms with E-state index in [4.69, 9.17) is 0 Å². The molecule has 0 saturated carbocycles. The molecule has 1 aliphatic rings. The molecule has 1 amide bonds. The van der Waals surface area contributed by atoms with Crippen molar-refractivity contribution >= 4 is 15.9 Å². The van der Waals surface area contributed by atoms with Crippen LogP contribution in [0.15, 0.2) is 29.2 Å². The highest BCUT2D eigenvalue weighted by Crippen LogP contribution is 2.13. The Morgan fingerprint density at radius 1 is 1.09 bits per heavy atom. The van der Waals surface area contributed by atoms with Crippen LogP contribution in [-0.4, -0.2) is 63.4 Å². The molecule has 2 rings (SSSR count). The van der Waals surface area contributed by atoms with Gasteiger partial charge in [0.1, 0.15) is 0 Å². The maximum Gasteiger partial charge on any atom is 0.253 e. The predicted octanol–water partition coefficient (Wildman–Crippen LogP) is 0.761. The molecule has 0 radical (unpaired) electrons. The quantitative estimate of drug-likeness (QED) is 0.887. The minimum absolute atomic E-state index is 0.0473. The Morgan fingerprint density at radius 3 is 2.14 bits per heavy atom. The number of piperazine rings is 1. The summed E-state index contributed by atoms with van der Waals surface area (Å²) in [7, 11) is -1.48. The van der Waals surface area contributed by atoms with Crippen LogP contribution in [0.3, 0.4) is 0 Å². The van der Waals surface area contributed by atoms with Gasteiger partial charge >= 0.3 is 0 Å². The Morgan fingerprint density at radius 2 is 1.64 bits per heavy atom. The molecule has 7 heteroatoms. The molecule has 0 aromatic heterocycles. The summed E-state index contributed by atoms with van der Waals surface area (Å²) in [6.07, 6.45) is 0. The zero-order valence-electron chi connectivity index (χ0n) is 13.2. The Balaban J connectivity index is 2.10. The number of carbonyl (C=O) groups excluding carboxylic acids is 1. The standard InChI is InChI=1S/C15H23N3O3S/c1-12(2)16-22(20,21)14-6-4-13(5-7-14)15(19)18-10-8-17(3)9-11-18/h4-7,12,16H,8-11H2,1-3H3. The maximum absolute atomic E-state index is 12.4. The van der Waals surface area contributed by atoms with Crippen LogP contribution in [0.1, 0.15) is 24.2 Å². The van der Waals surface area contributed by atoms with Gasteiger partial charge in [0.15, 0.2) is 0 Å². The van der Waals surface area contributed by atoms with Gasteiger partial charge in [-0.15, -0.1) is 0 Å². The molecule has 0 unspecified atom stereocenters. The van der Waals surface area contributed by atoms with Crippen molar-refractivity contribution in [3.8, 4) is 0 Å². The molecule has 22 heavy (non-hydrogen) atoms. The average molecular weight is 325 g/mol. The maximum atomic E-state index is 12.4. The lowest BCUT2D eigenvalue weighted by Crippen LogP contribution is -2.47. The average Bonchev–Trinajstić information content (AvgIpc) is 2.46.